The first-order valence-corrected chi connectivity index (χ1v) is 8.64. The molecule has 0 unspecified atom stereocenters. The van der Waals surface area contributed by atoms with E-state index in [1.807, 2.05) is 43.5 Å². The van der Waals surface area contributed by atoms with Gasteiger partial charge in [-0.3, -0.25) is 9.69 Å². The van der Waals surface area contributed by atoms with Crippen LogP contribution in [-0.2, 0) is 4.79 Å². The minimum atomic E-state index is -0.108. The number of carbonyl (C=O) groups is 1. The van der Waals surface area contributed by atoms with E-state index in [0.717, 1.165) is 32.0 Å². The van der Waals surface area contributed by atoms with Crippen molar-refractivity contribution in [3.63, 3.8) is 0 Å². The number of hydrogen-bond donors (Lipinski definition) is 2. The van der Waals surface area contributed by atoms with E-state index in [-0.39, 0.29) is 11.9 Å². The SMILES string of the molecule is C[C@@H](C(=O)Nc1ccccc1Cl)[NH+]1CCN(c2cccc[nH+]2)CC1. The summed E-state index contributed by atoms with van der Waals surface area (Å²) in [4.78, 5) is 19.4. The average molecular weight is 347 g/mol. The number of H-pyrrole nitrogens is 1. The molecule has 2 heterocycles. The van der Waals surface area contributed by atoms with Gasteiger partial charge < -0.3 is 10.2 Å². The topological polar surface area (TPSA) is 50.9 Å². The van der Waals surface area contributed by atoms with Crippen LogP contribution in [0.2, 0.25) is 5.02 Å². The van der Waals surface area contributed by atoms with Crippen LogP contribution >= 0.6 is 11.6 Å². The number of carbonyl (C=O) groups excluding carboxylic acids is 1. The molecule has 1 fully saturated rings. The minimum Gasteiger partial charge on any atom is -0.320 e. The Balaban J connectivity index is 1.56. The number of pyridine rings is 1. The molecule has 0 saturated carbocycles. The Kier molecular flexibility index (Phi) is 5.33. The summed E-state index contributed by atoms with van der Waals surface area (Å²) in [5, 5.41) is 3.51. The summed E-state index contributed by atoms with van der Waals surface area (Å²) < 4.78 is 0. The highest BCUT2D eigenvalue weighted by atomic mass is 35.5. The number of hydrogen-bond acceptors (Lipinski definition) is 2. The molecule has 1 saturated heterocycles. The molecule has 0 bridgehead atoms. The van der Waals surface area contributed by atoms with Crippen LogP contribution in [0, 0.1) is 0 Å². The number of rotatable bonds is 4. The van der Waals surface area contributed by atoms with E-state index >= 15 is 0 Å². The number of anilines is 2. The number of benzene rings is 1. The van der Waals surface area contributed by atoms with Crippen molar-refractivity contribution in [3.05, 3.63) is 53.7 Å². The zero-order chi connectivity index (χ0) is 16.9. The maximum Gasteiger partial charge on any atom is 0.282 e. The lowest BCUT2D eigenvalue weighted by Gasteiger charge is -2.31. The molecule has 1 aromatic carbocycles. The second-order valence-corrected chi connectivity index (χ2v) is 6.49. The fourth-order valence-electron chi connectivity index (χ4n) is 3.04. The number of piperazine rings is 1. The summed E-state index contributed by atoms with van der Waals surface area (Å²) in [5.74, 6) is 1.14. The Morgan fingerprint density at radius 3 is 2.58 bits per heavy atom. The van der Waals surface area contributed by atoms with Crippen molar-refractivity contribution in [2.45, 2.75) is 13.0 Å². The van der Waals surface area contributed by atoms with E-state index in [4.69, 9.17) is 11.6 Å². The zero-order valence-corrected chi connectivity index (χ0v) is 14.5. The quantitative estimate of drug-likeness (QED) is 0.863. The lowest BCUT2D eigenvalue weighted by atomic mass is 10.2. The van der Waals surface area contributed by atoms with Gasteiger partial charge in [0.2, 0.25) is 0 Å². The largest absolute Gasteiger partial charge is 0.320 e. The highest BCUT2D eigenvalue weighted by Gasteiger charge is 2.32. The number of para-hydroxylation sites is 1. The number of nitrogens with one attached hydrogen (secondary N) is 3. The fourth-order valence-corrected chi connectivity index (χ4v) is 3.22. The molecule has 5 nitrogen and oxygen atoms in total. The van der Waals surface area contributed by atoms with Crippen LogP contribution in [0.3, 0.4) is 0 Å². The smallest absolute Gasteiger partial charge is 0.282 e. The number of nitrogens with zero attached hydrogens (tertiary/aromatic N) is 1. The molecule has 1 atom stereocenters. The molecular formula is C18H23ClN4O+2. The molecule has 1 aromatic heterocycles. The molecule has 0 radical (unpaired) electrons. The minimum absolute atomic E-state index is 0.0119. The second-order valence-electron chi connectivity index (χ2n) is 6.08. The second kappa shape index (κ2) is 7.64. The van der Waals surface area contributed by atoms with E-state index in [9.17, 15) is 4.79 Å². The van der Waals surface area contributed by atoms with Gasteiger partial charge in [-0.1, -0.05) is 29.8 Å². The lowest BCUT2D eigenvalue weighted by molar-refractivity contribution is -0.914. The average Bonchev–Trinajstić information content (AvgIpc) is 2.64. The van der Waals surface area contributed by atoms with Gasteiger partial charge in [0.1, 0.15) is 26.2 Å². The molecule has 0 spiro atoms. The predicted molar refractivity (Wildman–Crippen MR) is 95.5 cm³/mol. The van der Waals surface area contributed by atoms with Gasteiger partial charge in [0.15, 0.2) is 6.04 Å². The maximum absolute atomic E-state index is 12.5. The molecule has 1 aliphatic rings. The monoisotopic (exact) mass is 346 g/mol. The summed E-state index contributed by atoms with van der Waals surface area (Å²) in [6.45, 7) is 5.70. The van der Waals surface area contributed by atoms with Gasteiger partial charge in [-0.25, -0.2) is 4.98 Å². The van der Waals surface area contributed by atoms with Crippen LogP contribution in [0.5, 0.6) is 0 Å². The van der Waals surface area contributed by atoms with Crippen LogP contribution in [0.1, 0.15) is 6.92 Å². The Labute approximate surface area is 147 Å². The normalized spacial score (nSPS) is 16.7. The summed E-state index contributed by atoms with van der Waals surface area (Å²) in [5.41, 5.74) is 0.674. The van der Waals surface area contributed by atoms with Crippen molar-refractivity contribution in [2.75, 3.05) is 36.4 Å². The molecule has 0 aliphatic carbocycles. The molecular weight excluding hydrogens is 324 g/mol. The van der Waals surface area contributed by atoms with Crippen molar-refractivity contribution in [2.24, 2.45) is 0 Å². The third-order valence-electron chi connectivity index (χ3n) is 4.58. The first-order valence-electron chi connectivity index (χ1n) is 8.27. The summed E-state index contributed by atoms with van der Waals surface area (Å²) in [6, 6.07) is 13.3. The molecule has 1 aliphatic heterocycles. The summed E-state index contributed by atoms with van der Waals surface area (Å²) in [7, 11) is 0. The molecule has 6 heteroatoms. The number of halogens is 1. The van der Waals surface area contributed by atoms with Crippen molar-refractivity contribution in [1.82, 2.24) is 0 Å². The third kappa shape index (κ3) is 3.86. The van der Waals surface area contributed by atoms with Gasteiger partial charge in [0.25, 0.3) is 11.7 Å². The van der Waals surface area contributed by atoms with Crippen LogP contribution in [-0.4, -0.2) is 38.1 Å². The van der Waals surface area contributed by atoms with Crippen molar-refractivity contribution >= 4 is 29.0 Å². The highest BCUT2D eigenvalue weighted by Crippen LogP contribution is 2.20. The Morgan fingerprint density at radius 1 is 1.21 bits per heavy atom. The number of quaternary nitrogens is 1. The Bertz CT molecular complexity index is 686. The molecule has 2 aromatic rings. The Morgan fingerprint density at radius 2 is 1.92 bits per heavy atom. The van der Waals surface area contributed by atoms with Gasteiger partial charge >= 0.3 is 0 Å². The fraction of sp³-hybridized carbons (Fsp3) is 0.333. The van der Waals surface area contributed by atoms with Crippen LogP contribution in [0.4, 0.5) is 11.5 Å². The number of amides is 1. The van der Waals surface area contributed by atoms with Crippen molar-refractivity contribution in [3.8, 4) is 0 Å². The van der Waals surface area contributed by atoms with E-state index in [0.29, 0.717) is 10.7 Å². The van der Waals surface area contributed by atoms with Gasteiger partial charge in [-0.05, 0) is 25.1 Å². The van der Waals surface area contributed by atoms with Crippen LogP contribution < -0.4 is 20.1 Å². The van der Waals surface area contributed by atoms with Crippen molar-refractivity contribution in [1.29, 1.82) is 0 Å². The van der Waals surface area contributed by atoms with Gasteiger partial charge in [0.05, 0.1) is 16.9 Å². The van der Waals surface area contributed by atoms with E-state index in [1.165, 1.54) is 4.90 Å². The third-order valence-corrected chi connectivity index (χ3v) is 4.91. The van der Waals surface area contributed by atoms with E-state index in [1.54, 1.807) is 6.07 Å². The number of aromatic amines is 1. The molecule has 1 amide bonds. The maximum atomic E-state index is 12.5. The molecule has 3 rings (SSSR count). The molecule has 3 N–H and O–H groups in total. The van der Waals surface area contributed by atoms with E-state index in [2.05, 4.69) is 21.3 Å². The first kappa shape index (κ1) is 16.7. The van der Waals surface area contributed by atoms with Crippen LogP contribution in [0.15, 0.2) is 48.7 Å². The predicted octanol–water partition coefficient (Wildman–Crippen LogP) is 0.886. The molecule has 126 valence electrons. The Hall–Kier alpha value is -2.11. The lowest BCUT2D eigenvalue weighted by Crippen LogP contribution is -3.19. The molecule has 24 heavy (non-hydrogen) atoms. The van der Waals surface area contributed by atoms with Gasteiger partial charge in [0, 0.05) is 6.07 Å². The highest BCUT2D eigenvalue weighted by molar-refractivity contribution is 6.33. The van der Waals surface area contributed by atoms with Gasteiger partial charge in [-0.2, -0.15) is 0 Å². The zero-order valence-electron chi connectivity index (χ0n) is 13.8. The van der Waals surface area contributed by atoms with Gasteiger partial charge in [-0.15, -0.1) is 0 Å². The summed E-state index contributed by atoms with van der Waals surface area (Å²) in [6.07, 6.45) is 1.94. The van der Waals surface area contributed by atoms with Crippen LogP contribution in [0.25, 0.3) is 0 Å². The standard InChI is InChI=1S/C18H21ClN4O/c1-14(18(24)21-16-7-3-2-6-15(16)19)22-10-12-23(13-11-22)17-8-4-5-9-20-17/h2-9,14H,10-13H2,1H3,(H,21,24)/p+2/t14-/m0/s1. The van der Waals surface area contributed by atoms with Crippen molar-refractivity contribution < 1.29 is 14.7 Å². The first-order chi connectivity index (χ1) is 11.6. The summed E-state index contributed by atoms with van der Waals surface area (Å²) >= 11 is 6.11. The number of aromatic nitrogens is 1. The van der Waals surface area contributed by atoms with E-state index < -0.39 is 0 Å².